The van der Waals surface area contributed by atoms with Crippen LogP contribution < -0.4 is 5.32 Å². The van der Waals surface area contributed by atoms with E-state index in [2.05, 4.69) is 10.3 Å². The van der Waals surface area contributed by atoms with Crippen molar-refractivity contribution < 1.29 is 14.3 Å². The van der Waals surface area contributed by atoms with Gasteiger partial charge in [0.15, 0.2) is 5.58 Å². The number of fused-ring (bicyclic) bond motifs is 1. The summed E-state index contributed by atoms with van der Waals surface area (Å²) in [5.41, 5.74) is 0.599. The van der Waals surface area contributed by atoms with Crippen LogP contribution in [0.4, 0.5) is 0 Å². The van der Waals surface area contributed by atoms with E-state index in [1.165, 1.54) is 11.8 Å². The van der Waals surface area contributed by atoms with Crippen LogP contribution in [0.3, 0.4) is 0 Å². The van der Waals surface area contributed by atoms with Crippen LogP contribution in [-0.4, -0.2) is 33.9 Å². The molecule has 1 aromatic heterocycles. The molecule has 1 aromatic carbocycles. The van der Waals surface area contributed by atoms with Gasteiger partial charge in [-0.2, -0.15) is 0 Å². The molecule has 0 aliphatic heterocycles. The van der Waals surface area contributed by atoms with Crippen LogP contribution in [-0.2, 0) is 4.79 Å². The summed E-state index contributed by atoms with van der Waals surface area (Å²) in [5, 5.41) is 13.5. The topological polar surface area (TPSA) is 75.4 Å². The van der Waals surface area contributed by atoms with Crippen LogP contribution in [0.1, 0.15) is 27.2 Å². The summed E-state index contributed by atoms with van der Waals surface area (Å²) in [6.07, 6.45) is 0.862. The predicted molar refractivity (Wildman–Crippen MR) is 87.8 cm³/mol. The fourth-order valence-corrected chi connectivity index (χ4v) is 2.65. The van der Waals surface area contributed by atoms with Gasteiger partial charge in [0.1, 0.15) is 5.52 Å². The molecule has 0 saturated heterocycles. The van der Waals surface area contributed by atoms with Crippen LogP contribution >= 0.6 is 11.8 Å². The standard InChI is InChI=1S/C16H22N2O3S/c1-4-11(2)16(3,20)10-17-14(19)9-22-15-18-12-7-5-6-8-13(12)21-15/h5-8,11,20H,4,9-10H2,1-3H3,(H,17,19). The largest absolute Gasteiger partial charge is 0.431 e. The fourth-order valence-electron chi connectivity index (χ4n) is 1.98. The minimum Gasteiger partial charge on any atom is -0.431 e. The summed E-state index contributed by atoms with van der Waals surface area (Å²) >= 11 is 1.25. The molecular formula is C16H22N2O3S. The zero-order valence-electron chi connectivity index (χ0n) is 13.1. The van der Waals surface area contributed by atoms with E-state index in [0.29, 0.717) is 10.8 Å². The van der Waals surface area contributed by atoms with Crippen molar-refractivity contribution in [2.45, 2.75) is 38.0 Å². The van der Waals surface area contributed by atoms with Gasteiger partial charge in [-0.15, -0.1) is 0 Å². The summed E-state index contributed by atoms with van der Waals surface area (Å²) in [5.74, 6) is 0.192. The van der Waals surface area contributed by atoms with Gasteiger partial charge < -0.3 is 14.8 Å². The third kappa shape index (κ3) is 4.24. The SMILES string of the molecule is CCC(C)C(C)(O)CNC(=O)CSc1nc2ccccc2o1. The highest BCUT2D eigenvalue weighted by atomic mass is 32.2. The number of carbonyl (C=O) groups is 1. The molecule has 1 amide bonds. The first kappa shape index (κ1) is 16.8. The molecule has 0 saturated carbocycles. The Kier molecular flexibility index (Phi) is 5.47. The van der Waals surface area contributed by atoms with E-state index < -0.39 is 5.60 Å². The lowest BCUT2D eigenvalue weighted by Crippen LogP contribution is -2.45. The number of hydrogen-bond acceptors (Lipinski definition) is 5. The highest BCUT2D eigenvalue weighted by Crippen LogP contribution is 2.23. The molecule has 2 aromatic rings. The van der Waals surface area contributed by atoms with Gasteiger partial charge in [-0.25, -0.2) is 4.98 Å². The average Bonchev–Trinajstić information content (AvgIpc) is 2.93. The van der Waals surface area contributed by atoms with Gasteiger partial charge >= 0.3 is 0 Å². The number of para-hydroxylation sites is 2. The maximum absolute atomic E-state index is 11.9. The maximum atomic E-state index is 11.9. The van der Waals surface area contributed by atoms with E-state index in [-0.39, 0.29) is 24.1 Å². The van der Waals surface area contributed by atoms with Crippen molar-refractivity contribution in [2.24, 2.45) is 5.92 Å². The molecule has 0 aliphatic carbocycles. The fraction of sp³-hybridized carbons (Fsp3) is 0.500. The van der Waals surface area contributed by atoms with Gasteiger partial charge in [0.2, 0.25) is 5.91 Å². The van der Waals surface area contributed by atoms with E-state index in [4.69, 9.17) is 4.42 Å². The first-order valence-corrected chi connectivity index (χ1v) is 8.38. The zero-order valence-corrected chi connectivity index (χ0v) is 13.9. The van der Waals surface area contributed by atoms with Crippen LogP contribution in [0, 0.1) is 5.92 Å². The monoisotopic (exact) mass is 322 g/mol. The van der Waals surface area contributed by atoms with Gasteiger partial charge in [-0.1, -0.05) is 44.2 Å². The lowest BCUT2D eigenvalue weighted by molar-refractivity contribution is -0.120. The highest BCUT2D eigenvalue weighted by Gasteiger charge is 2.27. The summed E-state index contributed by atoms with van der Waals surface area (Å²) in [6.45, 7) is 5.98. The van der Waals surface area contributed by atoms with Crippen molar-refractivity contribution in [3.63, 3.8) is 0 Å². The molecule has 120 valence electrons. The number of aliphatic hydroxyl groups is 1. The van der Waals surface area contributed by atoms with Crippen LogP contribution in [0.15, 0.2) is 33.9 Å². The Labute approximate surface area is 134 Å². The van der Waals surface area contributed by atoms with Crippen molar-refractivity contribution in [2.75, 3.05) is 12.3 Å². The minimum absolute atomic E-state index is 0.123. The van der Waals surface area contributed by atoms with Crippen molar-refractivity contribution in [1.82, 2.24) is 10.3 Å². The number of nitrogens with zero attached hydrogens (tertiary/aromatic N) is 1. The number of rotatable bonds is 7. The Bertz CT molecular complexity index is 606. The maximum Gasteiger partial charge on any atom is 0.257 e. The Morgan fingerprint density at radius 3 is 2.91 bits per heavy atom. The Morgan fingerprint density at radius 1 is 1.50 bits per heavy atom. The molecule has 1 heterocycles. The summed E-state index contributed by atoms with van der Waals surface area (Å²) in [4.78, 5) is 16.2. The van der Waals surface area contributed by atoms with Crippen LogP contribution in [0.25, 0.3) is 11.1 Å². The van der Waals surface area contributed by atoms with E-state index in [9.17, 15) is 9.90 Å². The van der Waals surface area contributed by atoms with Gasteiger partial charge in [-0.05, 0) is 25.0 Å². The normalized spacial score (nSPS) is 15.5. The molecule has 5 nitrogen and oxygen atoms in total. The lowest BCUT2D eigenvalue weighted by Gasteiger charge is -2.29. The van der Waals surface area contributed by atoms with E-state index in [0.717, 1.165) is 11.9 Å². The van der Waals surface area contributed by atoms with E-state index >= 15 is 0 Å². The number of nitrogens with one attached hydrogen (secondary N) is 1. The molecular weight excluding hydrogens is 300 g/mol. The smallest absolute Gasteiger partial charge is 0.257 e. The number of oxazole rings is 1. The molecule has 2 unspecified atom stereocenters. The first-order valence-electron chi connectivity index (χ1n) is 7.40. The second-order valence-electron chi connectivity index (χ2n) is 5.68. The average molecular weight is 322 g/mol. The van der Waals surface area contributed by atoms with Crippen molar-refractivity contribution in [3.8, 4) is 0 Å². The lowest BCUT2D eigenvalue weighted by atomic mass is 9.89. The molecule has 2 rings (SSSR count). The molecule has 22 heavy (non-hydrogen) atoms. The minimum atomic E-state index is -0.896. The Hall–Kier alpha value is -1.53. The molecule has 0 fully saturated rings. The van der Waals surface area contributed by atoms with Crippen molar-refractivity contribution in [1.29, 1.82) is 0 Å². The molecule has 2 atom stereocenters. The molecule has 0 bridgehead atoms. The molecule has 0 spiro atoms. The zero-order chi connectivity index (χ0) is 16.2. The van der Waals surface area contributed by atoms with E-state index in [1.54, 1.807) is 6.92 Å². The second kappa shape index (κ2) is 7.15. The Morgan fingerprint density at radius 2 is 2.23 bits per heavy atom. The third-order valence-electron chi connectivity index (χ3n) is 3.92. The van der Waals surface area contributed by atoms with Crippen LogP contribution in [0.5, 0.6) is 0 Å². The first-order chi connectivity index (χ1) is 10.4. The summed E-state index contributed by atoms with van der Waals surface area (Å²) in [7, 11) is 0. The van der Waals surface area contributed by atoms with Crippen molar-refractivity contribution in [3.05, 3.63) is 24.3 Å². The number of thioether (sulfide) groups is 1. The van der Waals surface area contributed by atoms with E-state index in [1.807, 2.05) is 38.1 Å². The van der Waals surface area contributed by atoms with Gasteiger partial charge in [0.25, 0.3) is 5.22 Å². The summed E-state index contributed by atoms with van der Waals surface area (Å²) in [6, 6.07) is 7.48. The van der Waals surface area contributed by atoms with Gasteiger partial charge in [0, 0.05) is 6.54 Å². The number of hydrogen-bond donors (Lipinski definition) is 2. The van der Waals surface area contributed by atoms with Crippen LogP contribution in [0.2, 0.25) is 0 Å². The quantitative estimate of drug-likeness (QED) is 0.767. The predicted octanol–water partition coefficient (Wildman–Crippen LogP) is 2.83. The number of carbonyl (C=O) groups excluding carboxylic acids is 1. The second-order valence-corrected chi connectivity index (χ2v) is 6.61. The highest BCUT2D eigenvalue weighted by molar-refractivity contribution is 7.99. The Balaban J connectivity index is 1.82. The molecule has 6 heteroatoms. The third-order valence-corrected chi connectivity index (χ3v) is 4.75. The van der Waals surface area contributed by atoms with Gasteiger partial charge in [-0.3, -0.25) is 4.79 Å². The number of aromatic nitrogens is 1. The number of amides is 1. The molecule has 2 N–H and O–H groups in total. The number of benzene rings is 1. The molecule has 0 radical (unpaired) electrons. The van der Waals surface area contributed by atoms with Gasteiger partial charge in [0.05, 0.1) is 11.4 Å². The molecule has 0 aliphatic rings. The van der Waals surface area contributed by atoms with Crippen molar-refractivity contribution >= 4 is 28.8 Å². The summed E-state index contributed by atoms with van der Waals surface area (Å²) < 4.78 is 5.54.